The van der Waals surface area contributed by atoms with E-state index >= 15 is 0 Å². The summed E-state index contributed by atoms with van der Waals surface area (Å²) in [6.45, 7) is 0. The SMILES string of the molecule is c1ccc(C2=C3C(=C(c4ccccc4)c4cc(-c5ccccc5)c(-c5ccccc5)cc43)C(c3ccc4cc(-c5cccc6ccccc56)ccc4c3)=C2c2ccc3ccc(-c4cccc5ccccc45)cc3c2)cc1. The maximum Gasteiger partial charge on any atom is -0.000137 e. The zero-order chi connectivity index (χ0) is 50.1. The number of fused-ring (bicyclic) bond motifs is 7. The molecule has 0 aromatic heterocycles. The van der Waals surface area contributed by atoms with Crippen molar-refractivity contribution >= 4 is 71.0 Å². The molecular formula is C76H48. The van der Waals surface area contributed by atoms with E-state index in [4.69, 9.17) is 0 Å². The van der Waals surface area contributed by atoms with Gasteiger partial charge in [-0.2, -0.15) is 0 Å². The van der Waals surface area contributed by atoms with Crippen molar-refractivity contribution < 1.29 is 0 Å². The highest BCUT2D eigenvalue weighted by Gasteiger charge is 2.41. The molecule has 0 fully saturated rings. The maximum atomic E-state index is 2.51. The molecule has 0 atom stereocenters. The van der Waals surface area contributed by atoms with Crippen molar-refractivity contribution in [1.82, 2.24) is 0 Å². The zero-order valence-corrected chi connectivity index (χ0v) is 41.7. The van der Waals surface area contributed by atoms with Gasteiger partial charge >= 0.3 is 0 Å². The Morgan fingerprint density at radius 3 is 1.01 bits per heavy atom. The summed E-state index contributed by atoms with van der Waals surface area (Å²) >= 11 is 0. The normalized spacial score (nSPS) is 13.1. The molecule has 0 N–H and O–H groups in total. The van der Waals surface area contributed by atoms with Crippen LogP contribution < -0.4 is 0 Å². The number of rotatable bonds is 8. The monoisotopic (exact) mass is 960 g/mol. The molecule has 2 aliphatic carbocycles. The maximum absolute atomic E-state index is 2.51. The van der Waals surface area contributed by atoms with Gasteiger partial charge in [0.2, 0.25) is 0 Å². The average Bonchev–Trinajstić information content (AvgIpc) is 4.22. The summed E-state index contributed by atoms with van der Waals surface area (Å²) in [4.78, 5) is 0. The summed E-state index contributed by atoms with van der Waals surface area (Å²) in [7, 11) is 0. The van der Waals surface area contributed by atoms with Gasteiger partial charge in [-0.05, 0) is 191 Å². The lowest BCUT2D eigenvalue weighted by Gasteiger charge is -2.19. The third-order valence-corrected chi connectivity index (χ3v) is 15.9. The van der Waals surface area contributed by atoms with Crippen LogP contribution in [0.25, 0.3) is 115 Å². The Morgan fingerprint density at radius 2 is 0.487 bits per heavy atom. The fraction of sp³-hybridized carbons (Fsp3) is 0. The minimum absolute atomic E-state index is 1.19. The first-order chi connectivity index (χ1) is 37.7. The molecule has 0 saturated heterocycles. The Bertz CT molecular complexity index is 4560. The molecule has 0 heterocycles. The van der Waals surface area contributed by atoms with Crippen LogP contribution in [0.3, 0.4) is 0 Å². The van der Waals surface area contributed by atoms with Gasteiger partial charge in [0, 0.05) is 0 Å². The van der Waals surface area contributed by atoms with Crippen molar-refractivity contribution in [3.05, 3.63) is 330 Å². The summed E-state index contributed by atoms with van der Waals surface area (Å²) < 4.78 is 0. The number of hydrogen-bond donors (Lipinski definition) is 0. The molecule has 0 amide bonds. The predicted octanol–water partition coefficient (Wildman–Crippen LogP) is 20.3. The van der Waals surface area contributed by atoms with Crippen molar-refractivity contribution in [3.8, 4) is 44.5 Å². The molecule has 0 bridgehead atoms. The van der Waals surface area contributed by atoms with E-state index < -0.39 is 0 Å². The second kappa shape index (κ2) is 18.0. The molecule has 0 saturated carbocycles. The third-order valence-electron chi connectivity index (χ3n) is 15.9. The Morgan fingerprint density at radius 1 is 0.132 bits per heavy atom. The van der Waals surface area contributed by atoms with E-state index in [-0.39, 0.29) is 0 Å². The Labute approximate surface area is 443 Å². The summed E-state index contributed by atoms with van der Waals surface area (Å²) in [5.74, 6) is 0. The van der Waals surface area contributed by atoms with Crippen LogP contribution in [0.15, 0.2) is 297 Å². The first-order valence-electron chi connectivity index (χ1n) is 26.4. The van der Waals surface area contributed by atoms with Gasteiger partial charge in [0.05, 0.1) is 0 Å². The smallest absolute Gasteiger partial charge is 0.000137 e. The highest BCUT2D eigenvalue weighted by atomic mass is 14.4. The molecule has 0 radical (unpaired) electrons. The van der Waals surface area contributed by atoms with Crippen LogP contribution in [0, 0.1) is 0 Å². The Hall–Kier alpha value is -9.88. The molecule has 0 nitrogen and oxygen atoms in total. The van der Waals surface area contributed by atoms with Crippen LogP contribution in [0.5, 0.6) is 0 Å². The number of hydrogen-bond acceptors (Lipinski definition) is 0. The lowest BCUT2D eigenvalue weighted by Crippen LogP contribution is -1.97. The van der Waals surface area contributed by atoms with Gasteiger partial charge in [-0.1, -0.05) is 255 Å². The van der Waals surface area contributed by atoms with E-state index in [1.165, 1.54) is 154 Å². The third kappa shape index (κ3) is 7.22. The fourth-order valence-corrected chi connectivity index (χ4v) is 12.5. The molecule has 13 aromatic rings. The first kappa shape index (κ1) is 43.7. The van der Waals surface area contributed by atoms with Crippen LogP contribution in [0.2, 0.25) is 0 Å². The van der Waals surface area contributed by atoms with Gasteiger partial charge in [0.15, 0.2) is 0 Å². The summed E-state index contributed by atoms with van der Waals surface area (Å²) in [5.41, 5.74) is 24.6. The van der Waals surface area contributed by atoms with E-state index in [9.17, 15) is 0 Å². The molecule has 2 aliphatic rings. The largest absolute Gasteiger partial charge is 0.0622 e. The fourth-order valence-electron chi connectivity index (χ4n) is 12.5. The molecule has 15 rings (SSSR count). The van der Waals surface area contributed by atoms with Crippen LogP contribution in [0.4, 0.5) is 0 Å². The van der Waals surface area contributed by atoms with Crippen LogP contribution >= 0.6 is 0 Å². The van der Waals surface area contributed by atoms with Gasteiger partial charge in [-0.15, -0.1) is 0 Å². The van der Waals surface area contributed by atoms with Crippen molar-refractivity contribution in [2.75, 3.05) is 0 Å². The first-order valence-corrected chi connectivity index (χ1v) is 26.4. The molecule has 0 heteroatoms. The molecule has 76 heavy (non-hydrogen) atoms. The molecular weight excluding hydrogens is 913 g/mol. The predicted molar refractivity (Wildman–Crippen MR) is 324 cm³/mol. The van der Waals surface area contributed by atoms with Crippen molar-refractivity contribution in [2.24, 2.45) is 0 Å². The highest BCUT2D eigenvalue weighted by molar-refractivity contribution is 6.40. The quantitative estimate of drug-likeness (QED) is 0.142. The molecule has 0 aliphatic heterocycles. The standard InChI is InChI=1S/C76H48/c1-5-19-52(20-6-1)67-47-69-70(48-68(67)53-21-7-2-8-22-53)75-72(55-27-11-4-12-28-55)73(61-41-36-49-35-39-59(45-62(49)46-61)66-34-18-30-51-24-14-16-32-64(51)66)74(76(75)71(69)54-25-9-3-10-26-54)60-42-38-56-43-58(40-37-57(56)44-60)65-33-17-29-50-23-13-15-31-63(50)65/h1-48H. The van der Waals surface area contributed by atoms with Crippen molar-refractivity contribution in [1.29, 1.82) is 0 Å². The van der Waals surface area contributed by atoms with E-state index in [0.717, 1.165) is 0 Å². The topological polar surface area (TPSA) is 0 Å². The van der Waals surface area contributed by atoms with Gasteiger partial charge in [-0.25, -0.2) is 0 Å². The van der Waals surface area contributed by atoms with Crippen LogP contribution in [0.1, 0.15) is 33.4 Å². The van der Waals surface area contributed by atoms with E-state index in [2.05, 4.69) is 291 Å². The zero-order valence-electron chi connectivity index (χ0n) is 41.7. The van der Waals surface area contributed by atoms with Crippen LogP contribution in [-0.4, -0.2) is 0 Å². The lowest BCUT2D eigenvalue weighted by atomic mass is 9.84. The second-order valence-electron chi connectivity index (χ2n) is 20.3. The van der Waals surface area contributed by atoms with E-state index in [1.807, 2.05) is 0 Å². The summed E-state index contributed by atoms with van der Waals surface area (Å²) in [5, 5.41) is 9.86. The van der Waals surface area contributed by atoms with E-state index in [1.54, 1.807) is 0 Å². The van der Waals surface area contributed by atoms with E-state index in [0.29, 0.717) is 0 Å². The second-order valence-corrected chi connectivity index (χ2v) is 20.3. The number of allylic oxidation sites excluding steroid dienone is 5. The average molecular weight is 961 g/mol. The van der Waals surface area contributed by atoms with Gasteiger partial charge in [0.1, 0.15) is 0 Å². The molecule has 0 unspecified atom stereocenters. The Kier molecular flexibility index (Phi) is 10.3. The minimum atomic E-state index is 1.19. The van der Waals surface area contributed by atoms with Crippen molar-refractivity contribution in [3.63, 3.8) is 0 Å². The van der Waals surface area contributed by atoms with Crippen molar-refractivity contribution in [2.45, 2.75) is 0 Å². The van der Waals surface area contributed by atoms with Gasteiger partial charge in [-0.3, -0.25) is 0 Å². The minimum Gasteiger partial charge on any atom is -0.0622 e. The lowest BCUT2D eigenvalue weighted by molar-refractivity contribution is 1.52. The van der Waals surface area contributed by atoms with Gasteiger partial charge < -0.3 is 0 Å². The Balaban J connectivity index is 1.03. The molecule has 13 aromatic carbocycles. The van der Waals surface area contributed by atoms with Crippen LogP contribution in [-0.2, 0) is 0 Å². The summed E-state index contributed by atoms with van der Waals surface area (Å²) in [6, 6.07) is 108. The highest BCUT2D eigenvalue weighted by Crippen LogP contribution is 2.63. The molecule has 352 valence electrons. The number of benzene rings is 13. The van der Waals surface area contributed by atoms with Gasteiger partial charge in [0.25, 0.3) is 0 Å². The summed E-state index contributed by atoms with van der Waals surface area (Å²) in [6.07, 6.45) is 0. The molecule has 0 spiro atoms.